The van der Waals surface area contributed by atoms with Crippen molar-refractivity contribution in [3.05, 3.63) is 34.1 Å². The number of carbonyl (C=O) groups is 1. The predicted octanol–water partition coefficient (Wildman–Crippen LogP) is 2.83. The number of ether oxygens (including phenoxy) is 2. The summed E-state index contributed by atoms with van der Waals surface area (Å²) in [6.45, 7) is 1.79. The third-order valence-electron chi connectivity index (χ3n) is 2.31. The molecule has 0 heterocycles. The number of halogens is 2. The first kappa shape index (κ1) is 16.4. The Hall–Kier alpha value is -1.70. The molecule has 0 saturated heterocycles. The van der Waals surface area contributed by atoms with Crippen LogP contribution in [-0.4, -0.2) is 28.9 Å². The van der Waals surface area contributed by atoms with E-state index in [4.69, 9.17) is 9.47 Å². The van der Waals surface area contributed by atoms with E-state index in [2.05, 4.69) is 15.9 Å². The van der Waals surface area contributed by atoms with Crippen molar-refractivity contribution in [1.29, 1.82) is 0 Å². The van der Waals surface area contributed by atoms with E-state index in [0.717, 1.165) is 18.2 Å². The first-order valence-electron chi connectivity index (χ1n) is 5.82. The lowest BCUT2D eigenvalue weighted by molar-refractivity contribution is -0.386. The number of nitro benzene ring substituents is 1. The summed E-state index contributed by atoms with van der Waals surface area (Å²) in [7, 11) is 0. The van der Waals surface area contributed by atoms with Crippen LogP contribution in [0.15, 0.2) is 18.2 Å². The lowest BCUT2D eigenvalue weighted by atomic mass is 10.2. The largest absolute Gasteiger partial charge is 0.471 e. The number of hydrogen-bond acceptors (Lipinski definition) is 5. The van der Waals surface area contributed by atoms with Gasteiger partial charge in [-0.2, -0.15) is 0 Å². The zero-order valence-corrected chi connectivity index (χ0v) is 12.3. The molecule has 1 aromatic rings. The van der Waals surface area contributed by atoms with Gasteiger partial charge in [-0.25, -0.2) is 9.18 Å². The van der Waals surface area contributed by atoms with Gasteiger partial charge in [-0.15, -0.1) is 0 Å². The van der Waals surface area contributed by atoms with Crippen LogP contribution in [0.5, 0.6) is 5.75 Å². The van der Waals surface area contributed by atoms with Crippen LogP contribution in [0.3, 0.4) is 0 Å². The Morgan fingerprint density at radius 3 is 2.80 bits per heavy atom. The van der Waals surface area contributed by atoms with E-state index < -0.39 is 28.5 Å². The van der Waals surface area contributed by atoms with E-state index in [1.54, 1.807) is 6.92 Å². The molecule has 0 aromatic heterocycles. The average Bonchev–Trinajstić information content (AvgIpc) is 2.38. The lowest BCUT2D eigenvalue weighted by Crippen LogP contribution is -2.30. The van der Waals surface area contributed by atoms with Crippen LogP contribution >= 0.6 is 15.9 Å². The number of nitro groups is 1. The van der Waals surface area contributed by atoms with E-state index in [9.17, 15) is 19.3 Å². The summed E-state index contributed by atoms with van der Waals surface area (Å²) in [4.78, 5) is 21.8. The summed E-state index contributed by atoms with van der Waals surface area (Å²) in [5.74, 6) is -1.63. The third kappa shape index (κ3) is 4.44. The topological polar surface area (TPSA) is 78.7 Å². The van der Waals surface area contributed by atoms with Gasteiger partial charge in [0.15, 0.2) is 6.10 Å². The van der Waals surface area contributed by atoms with Crippen molar-refractivity contribution in [3.63, 3.8) is 0 Å². The second-order valence-electron chi connectivity index (χ2n) is 3.71. The normalized spacial score (nSPS) is 11.8. The van der Waals surface area contributed by atoms with Gasteiger partial charge in [-0.3, -0.25) is 10.1 Å². The molecule has 8 heteroatoms. The summed E-state index contributed by atoms with van der Waals surface area (Å²) in [6, 6.07) is 2.81. The Bertz CT molecular complexity index is 497. The first-order chi connectivity index (χ1) is 9.49. The first-order valence-corrected chi connectivity index (χ1v) is 6.95. The van der Waals surface area contributed by atoms with Crippen molar-refractivity contribution in [3.8, 4) is 5.75 Å². The minimum atomic E-state index is -1.03. The molecule has 0 saturated carbocycles. The number of nitrogens with zero attached hydrogens (tertiary/aromatic N) is 1. The lowest BCUT2D eigenvalue weighted by Gasteiger charge is -2.16. The van der Waals surface area contributed by atoms with Gasteiger partial charge >= 0.3 is 11.7 Å². The summed E-state index contributed by atoms with van der Waals surface area (Å²) >= 11 is 3.15. The molecule has 0 amide bonds. The molecule has 0 spiro atoms. The Balaban J connectivity index is 3.00. The molecule has 0 bridgehead atoms. The smallest absolute Gasteiger partial charge is 0.347 e. The van der Waals surface area contributed by atoms with E-state index in [1.165, 1.54) is 0 Å². The molecule has 20 heavy (non-hydrogen) atoms. The van der Waals surface area contributed by atoms with Gasteiger partial charge in [0.2, 0.25) is 5.75 Å². The predicted molar refractivity (Wildman–Crippen MR) is 72.5 cm³/mol. The van der Waals surface area contributed by atoms with Gasteiger partial charge in [0.1, 0.15) is 5.82 Å². The van der Waals surface area contributed by atoms with E-state index in [1.807, 2.05) is 0 Å². The number of benzene rings is 1. The van der Waals surface area contributed by atoms with Gasteiger partial charge in [0, 0.05) is 23.9 Å². The van der Waals surface area contributed by atoms with Gasteiger partial charge in [-0.05, 0) is 13.0 Å². The molecule has 110 valence electrons. The highest BCUT2D eigenvalue weighted by Gasteiger charge is 2.25. The number of rotatable bonds is 7. The van der Waals surface area contributed by atoms with Crippen LogP contribution in [0, 0.1) is 15.9 Å². The van der Waals surface area contributed by atoms with Crippen molar-refractivity contribution in [1.82, 2.24) is 0 Å². The molecule has 1 atom stereocenters. The minimum absolute atomic E-state index is 0.159. The summed E-state index contributed by atoms with van der Waals surface area (Å²) in [5, 5.41) is 11.3. The van der Waals surface area contributed by atoms with Crippen LogP contribution in [0.1, 0.15) is 13.3 Å². The zero-order valence-electron chi connectivity index (χ0n) is 10.7. The van der Waals surface area contributed by atoms with Gasteiger partial charge in [-0.1, -0.05) is 15.9 Å². The quantitative estimate of drug-likeness (QED) is 0.327. The fourth-order valence-electron chi connectivity index (χ4n) is 1.45. The summed E-state index contributed by atoms with van der Waals surface area (Å²) in [6.07, 6.45) is -0.790. The number of carbonyl (C=O) groups excluding carboxylic acids is 1. The zero-order chi connectivity index (χ0) is 15.1. The van der Waals surface area contributed by atoms with Crippen LogP contribution < -0.4 is 4.74 Å². The highest BCUT2D eigenvalue weighted by Crippen LogP contribution is 2.29. The highest BCUT2D eigenvalue weighted by molar-refractivity contribution is 9.09. The van der Waals surface area contributed by atoms with Gasteiger partial charge in [0.25, 0.3) is 0 Å². The van der Waals surface area contributed by atoms with E-state index >= 15 is 0 Å². The Morgan fingerprint density at radius 1 is 1.55 bits per heavy atom. The van der Waals surface area contributed by atoms with Gasteiger partial charge in [0.05, 0.1) is 11.5 Å². The van der Waals surface area contributed by atoms with E-state index in [-0.39, 0.29) is 18.8 Å². The fourth-order valence-corrected chi connectivity index (χ4v) is 1.86. The van der Waals surface area contributed by atoms with Crippen molar-refractivity contribution < 1.29 is 23.6 Å². The molecule has 0 N–H and O–H groups in total. The molecule has 1 unspecified atom stereocenters. The maximum absolute atomic E-state index is 13.2. The molecule has 0 aliphatic carbocycles. The highest BCUT2D eigenvalue weighted by atomic mass is 79.9. The summed E-state index contributed by atoms with van der Waals surface area (Å²) < 4.78 is 23.2. The second-order valence-corrected chi connectivity index (χ2v) is 4.50. The maximum atomic E-state index is 13.2. The maximum Gasteiger partial charge on any atom is 0.347 e. The SMILES string of the molecule is CCOC(=O)C(CCBr)Oc1cc(F)ccc1[N+](=O)[O-]. The molecule has 0 fully saturated rings. The fraction of sp³-hybridized carbons (Fsp3) is 0.417. The average molecular weight is 350 g/mol. The molecule has 1 rings (SSSR count). The monoisotopic (exact) mass is 349 g/mol. The minimum Gasteiger partial charge on any atom is -0.471 e. The molecule has 0 aliphatic heterocycles. The number of hydrogen-bond donors (Lipinski definition) is 0. The number of esters is 1. The molecule has 6 nitrogen and oxygen atoms in total. The van der Waals surface area contributed by atoms with Crippen molar-refractivity contribution >= 4 is 27.6 Å². The molecular formula is C12H13BrFNO5. The summed E-state index contributed by atoms with van der Waals surface area (Å²) in [5.41, 5.74) is -0.407. The molecule has 1 aromatic carbocycles. The second kappa shape index (κ2) is 7.78. The van der Waals surface area contributed by atoms with E-state index in [0.29, 0.717) is 5.33 Å². The molecule has 0 aliphatic rings. The van der Waals surface area contributed by atoms with Gasteiger partial charge < -0.3 is 9.47 Å². The Morgan fingerprint density at radius 2 is 2.25 bits per heavy atom. The van der Waals surface area contributed by atoms with Crippen LogP contribution in [-0.2, 0) is 9.53 Å². The van der Waals surface area contributed by atoms with Crippen molar-refractivity contribution in [2.75, 3.05) is 11.9 Å². The molecule has 0 radical (unpaired) electrons. The number of alkyl halides is 1. The van der Waals surface area contributed by atoms with Crippen molar-refractivity contribution in [2.24, 2.45) is 0 Å². The van der Waals surface area contributed by atoms with Crippen molar-refractivity contribution in [2.45, 2.75) is 19.4 Å². The molecular weight excluding hydrogens is 337 g/mol. The third-order valence-corrected chi connectivity index (χ3v) is 2.77. The Labute approximate surface area is 123 Å². The van der Waals surface area contributed by atoms with Crippen LogP contribution in [0.4, 0.5) is 10.1 Å². The standard InChI is InChI=1S/C12H13BrFNO5/c1-2-19-12(16)10(5-6-13)20-11-7-8(14)3-4-9(11)15(17)18/h3-4,7,10H,2,5-6H2,1H3. The van der Waals surface area contributed by atoms with Crippen LogP contribution in [0.25, 0.3) is 0 Å². The Kier molecular flexibility index (Phi) is 6.37. The van der Waals surface area contributed by atoms with Crippen LogP contribution in [0.2, 0.25) is 0 Å².